The van der Waals surface area contributed by atoms with Crippen LogP contribution in [-0.4, -0.2) is 25.1 Å². The van der Waals surface area contributed by atoms with Crippen LogP contribution in [0.4, 0.5) is 5.69 Å². The van der Waals surface area contributed by atoms with Crippen molar-refractivity contribution in [2.75, 3.05) is 0 Å². The fraction of sp³-hybridized carbons (Fsp3) is 0. The van der Waals surface area contributed by atoms with Crippen molar-refractivity contribution in [3.8, 4) is 0 Å². The Hall–Kier alpha value is -0.920. The summed E-state index contributed by atoms with van der Waals surface area (Å²) in [5, 5.41) is 11.3. The number of thiophene rings is 1. The number of carbonyl (C=O) groups excluding carboxylic acids is 1. The molecule has 7 nitrogen and oxygen atoms in total. The summed E-state index contributed by atoms with van der Waals surface area (Å²) >= 11 is 0.669. The van der Waals surface area contributed by atoms with E-state index in [4.69, 9.17) is 14.7 Å². The van der Waals surface area contributed by atoms with Gasteiger partial charge in [-0.05, 0) is 0 Å². The largest absolute Gasteiger partial charge is 0.484 e. The molecule has 1 heterocycles. The summed E-state index contributed by atoms with van der Waals surface area (Å²) in [4.78, 5) is 46.0. The minimum atomic E-state index is -4.60. The van der Waals surface area contributed by atoms with Crippen LogP contribution in [0.2, 0.25) is 0 Å². The van der Waals surface area contributed by atoms with Crippen LogP contribution in [0.5, 0.6) is 0 Å². The first-order chi connectivity index (χ1) is 6.32. The molecule has 0 aliphatic heterocycles. The van der Waals surface area contributed by atoms with Gasteiger partial charge in [0.15, 0.2) is 0 Å². The van der Waals surface area contributed by atoms with Gasteiger partial charge in [0.25, 0.3) is 5.69 Å². The van der Waals surface area contributed by atoms with Crippen LogP contribution < -0.4 is 0 Å². The summed E-state index contributed by atoms with van der Waals surface area (Å²) in [6.07, 6.45) is 0. The quantitative estimate of drug-likeness (QED) is 0.401. The van der Waals surface area contributed by atoms with E-state index in [-0.39, 0.29) is 10.6 Å². The van der Waals surface area contributed by atoms with Crippen molar-refractivity contribution in [3.05, 3.63) is 26.4 Å². The molecule has 0 atom stereocenters. The Labute approximate surface area is 82.0 Å². The number of nitro groups is 1. The van der Waals surface area contributed by atoms with Crippen molar-refractivity contribution in [3.63, 3.8) is 0 Å². The molecule has 0 aliphatic carbocycles. The average Bonchev–Trinajstić information content (AvgIpc) is 2.48. The molecule has 0 bridgehead atoms. The fourth-order valence-electron chi connectivity index (χ4n) is 0.682. The van der Waals surface area contributed by atoms with Gasteiger partial charge in [0, 0.05) is 6.07 Å². The third-order valence-corrected chi connectivity index (χ3v) is 3.13. The maximum atomic E-state index is 11.0. The molecule has 0 saturated heterocycles. The Bertz CT molecular complexity index is 382. The lowest BCUT2D eigenvalue weighted by Crippen LogP contribution is -2.03. The first-order valence-corrected chi connectivity index (χ1v) is 5.70. The van der Waals surface area contributed by atoms with Gasteiger partial charge >= 0.3 is 13.5 Å². The van der Waals surface area contributed by atoms with Crippen molar-refractivity contribution in [2.45, 2.75) is 0 Å². The summed E-state index contributed by atoms with van der Waals surface area (Å²) < 4.78 is 0. The summed E-state index contributed by atoms with van der Waals surface area (Å²) in [5.74, 6) is 0. The molecule has 0 radical (unpaired) electrons. The van der Waals surface area contributed by atoms with E-state index in [1.165, 1.54) is 0 Å². The zero-order valence-electron chi connectivity index (χ0n) is 6.52. The smallest absolute Gasteiger partial charge is 0.258 e. The topological polar surface area (TPSA) is 121 Å². The summed E-state index contributed by atoms with van der Waals surface area (Å²) in [7, 11) is -4.60. The van der Waals surface area contributed by atoms with Gasteiger partial charge in [0.2, 0.25) is 0 Å². The van der Waals surface area contributed by atoms with Crippen LogP contribution in [-0.2, 0) is 0 Å². The molecule has 14 heavy (non-hydrogen) atoms. The second-order valence-electron chi connectivity index (χ2n) is 2.30. The average molecular weight is 238 g/mol. The molecular formula is C5H5NO6PS+. The highest BCUT2D eigenvalue weighted by Gasteiger charge is 2.44. The molecule has 0 spiro atoms. The molecule has 9 heteroatoms. The van der Waals surface area contributed by atoms with Crippen LogP contribution in [0.1, 0.15) is 9.67 Å². The SMILES string of the molecule is O=C(c1cc([N+](=O)[O-])cs1)[P+](O)(O)O. The standard InChI is InChI=1S/C5H5NO6PS/c7-5(13(10,11)12)4-1-3(2-14-4)6(8)9/h1-2,10-12H/q+1. The molecule has 3 N–H and O–H groups in total. The summed E-state index contributed by atoms with van der Waals surface area (Å²) in [6.45, 7) is 0. The number of hydrogen-bond acceptors (Lipinski definition) is 7. The normalized spacial score (nSPS) is 11.4. The van der Waals surface area contributed by atoms with Crippen LogP contribution in [0.3, 0.4) is 0 Å². The van der Waals surface area contributed by atoms with Gasteiger partial charge in [-0.25, -0.2) is 4.79 Å². The van der Waals surface area contributed by atoms with Crippen molar-refractivity contribution in [2.24, 2.45) is 0 Å². The maximum Gasteiger partial charge on any atom is 0.484 e. The summed E-state index contributed by atoms with van der Waals surface area (Å²) in [5.41, 5.74) is -1.61. The van der Waals surface area contributed by atoms with Crippen molar-refractivity contribution < 1.29 is 24.4 Å². The molecule has 0 fully saturated rings. The van der Waals surface area contributed by atoms with E-state index in [2.05, 4.69) is 0 Å². The first kappa shape index (κ1) is 11.2. The molecule has 0 aromatic carbocycles. The van der Waals surface area contributed by atoms with E-state index in [0.717, 1.165) is 11.4 Å². The van der Waals surface area contributed by atoms with Gasteiger partial charge in [0.05, 0.1) is 10.3 Å². The Morgan fingerprint density at radius 3 is 2.43 bits per heavy atom. The van der Waals surface area contributed by atoms with E-state index in [1.54, 1.807) is 0 Å². The molecule has 1 rings (SSSR count). The Morgan fingerprint density at radius 1 is 1.50 bits per heavy atom. The minimum absolute atomic E-state index is 0.252. The monoisotopic (exact) mass is 238 g/mol. The minimum Gasteiger partial charge on any atom is -0.258 e. The van der Waals surface area contributed by atoms with Crippen molar-refractivity contribution in [1.82, 2.24) is 0 Å². The molecule has 0 amide bonds. The third-order valence-electron chi connectivity index (χ3n) is 1.28. The molecular weight excluding hydrogens is 233 g/mol. The van der Waals surface area contributed by atoms with E-state index >= 15 is 0 Å². The van der Waals surface area contributed by atoms with Crippen LogP contribution in [0.15, 0.2) is 11.4 Å². The molecule has 76 valence electrons. The highest BCUT2D eigenvalue weighted by Crippen LogP contribution is 2.49. The molecule has 0 saturated carbocycles. The van der Waals surface area contributed by atoms with Gasteiger partial charge in [-0.15, -0.1) is 11.3 Å². The van der Waals surface area contributed by atoms with Crippen molar-refractivity contribution >= 4 is 30.5 Å². The number of hydrogen-bond donors (Lipinski definition) is 3. The predicted molar refractivity (Wildman–Crippen MR) is 48.9 cm³/mol. The van der Waals surface area contributed by atoms with E-state index in [0.29, 0.717) is 11.3 Å². The second-order valence-corrected chi connectivity index (χ2v) is 4.75. The van der Waals surface area contributed by atoms with Gasteiger partial charge in [-0.2, -0.15) is 14.7 Å². The zero-order chi connectivity index (χ0) is 10.9. The maximum absolute atomic E-state index is 11.0. The zero-order valence-corrected chi connectivity index (χ0v) is 8.23. The Balaban J connectivity index is 2.99. The molecule has 0 aliphatic rings. The lowest BCUT2D eigenvalue weighted by molar-refractivity contribution is -0.384. The second kappa shape index (κ2) is 3.68. The molecule has 0 unspecified atom stereocenters. The molecule has 1 aromatic rings. The third kappa shape index (κ3) is 2.31. The number of nitrogens with zero attached hydrogens (tertiary/aromatic N) is 1. The van der Waals surface area contributed by atoms with E-state index < -0.39 is 18.4 Å². The van der Waals surface area contributed by atoms with E-state index in [1.807, 2.05) is 0 Å². The van der Waals surface area contributed by atoms with Crippen LogP contribution in [0, 0.1) is 10.1 Å². The van der Waals surface area contributed by atoms with Gasteiger partial charge in [-0.1, -0.05) is 0 Å². The number of rotatable bonds is 3. The van der Waals surface area contributed by atoms with Crippen molar-refractivity contribution in [1.29, 1.82) is 0 Å². The molecule has 1 aromatic heterocycles. The first-order valence-electron chi connectivity index (χ1n) is 3.17. The summed E-state index contributed by atoms with van der Waals surface area (Å²) in [6, 6.07) is 0.879. The lowest BCUT2D eigenvalue weighted by atomic mass is 10.4. The Morgan fingerprint density at radius 2 is 2.07 bits per heavy atom. The highest BCUT2D eigenvalue weighted by atomic mass is 32.1. The van der Waals surface area contributed by atoms with E-state index in [9.17, 15) is 14.9 Å². The van der Waals surface area contributed by atoms with Crippen LogP contribution >= 0.6 is 19.3 Å². The fourth-order valence-corrected chi connectivity index (χ4v) is 2.26. The highest BCUT2D eigenvalue weighted by molar-refractivity contribution is 7.77. The predicted octanol–water partition coefficient (Wildman–Crippen LogP) is 0.536. The number of carbonyl (C=O) groups is 1. The van der Waals surface area contributed by atoms with Gasteiger partial charge in [-0.3, -0.25) is 10.1 Å². The van der Waals surface area contributed by atoms with Gasteiger partial charge in [0.1, 0.15) is 4.88 Å². The van der Waals surface area contributed by atoms with Gasteiger partial charge < -0.3 is 0 Å². The van der Waals surface area contributed by atoms with Crippen LogP contribution in [0.25, 0.3) is 0 Å². The Kier molecular flexibility index (Phi) is 2.93. The lowest BCUT2D eigenvalue weighted by Gasteiger charge is -1.97.